The molecule has 0 saturated heterocycles. The Morgan fingerprint density at radius 2 is 1.88 bits per heavy atom. The lowest BCUT2D eigenvalue weighted by molar-refractivity contribution is 0.141. The van der Waals surface area contributed by atoms with Gasteiger partial charge in [0.2, 0.25) is 0 Å². The minimum atomic E-state index is 0.761. The molecule has 1 aromatic carbocycles. The van der Waals surface area contributed by atoms with Crippen LogP contribution in [0.5, 0.6) is 5.75 Å². The summed E-state index contributed by atoms with van der Waals surface area (Å²) in [6, 6.07) is 7.97. The van der Waals surface area contributed by atoms with Gasteiger partial charge in [-0.2, -0.15) is 0 Å². The molecule has 0 aliphatic heterocycles. The predicted octanol–water partition coefficient (Wildman–Crippen LogP) is 3.92. The summed E-state index contributed by atoms with van der Waals surface area (Å²) in [6.45, 7) is 8.23. The van der Waals surface area contributed by atoms with Crippen LogP contribution in [0.15, 0.2) is 30.8 Å². The summed E-state index contributed by atoms with van der Waals surface area (Å²) in [5, 5.41) is 0. The topological polar surface area (TPSA) is 18.5 Å². The number of hydrogen-bond acceptors (Lipinski definition) is 2. The van der Waals surface area contributed by atoms with Crippen molar-refractivity contribution in [1.82, 2.24) is 0 Å². The van der Waals surface area contributed by atoms with Gasteiger partial charge in [-0.1, -0.05) is 30.9 Å². The molecule has 2 heteroatoms. The number of para-hydroxylation sites is 1. The van der Waals surface area contributed by atoms with Crippen LogP contribution < -0.4 is 4.74 Å². The molecule has 94 valence electrons. The molecule has 0 saturated carbocycles. The molecule has 0 aliphatic rings. The Kier molecular flexibility index (Phi) is 7.15. The third-order valence-corrected chi connectivity index (χ3v) is 2.53. The monoisotopic (exact) mass is 234 g/mol. The molecule has 0 amide bonds. The zero-order valence-electron chi connectivity index (χ0n) is 10.7. The van der Waals surface area contributed by atoms with Crippen molar-refractivity contribution in [3.8, 4) is 5.75 Å². The maximum atomic E-state index is 5.72. The van der Waals surface area contributed by atoms with Crippen LogP contribution in [-0.4, -0.2) is 19.8 Å². The Balaban J connectivity index is 2.15. The molecule has 0 atom stereocenters. The average molecular weight is 234 g/mol. The third kappa shape index (κ3) is 5.55. The summed E-state index contributed by atoms with van der Waals surface area (Å²) < 4.78 is 11.0. The van der Waals surface area contributed by atoms with E-state index in [1.165, 1.54) is 0 Å². The van der Waals surface area contributed by atoms with Crippen molar-refractivity contribution in [2.45, 2.75) is 26.2 Å². The molecular formula is C15H22O2. The smallest absolute Gasteiger partial charge is 0.126 e. The number of benzene rings is 1. The molecule has 0 unspecified atom stereocenters. The summed E-state index contributed by atoms with van der Waals surface area (Å²) in [7, 11) is 0. The Morgan fingerprint density at radius 3 is 2.65 bits per heavy atom. The fourth-order valence-corrected chi connectivity index (χ4v) is 1.59. The van der Waals surface area contributed by atoms with Gasteiger partial charge in [0.15, 0.2) is 0 Å². The van der Waals surface area contributed by atoms with Crippen LogP contribution in [0.25, 0.3) is 6.08 Å². The van der Waals surface area contributed by atoms with Gasteiger partial charge in [0.05, 0.1) is 6.61 Å². The van der Waals surface area contributed by atoms with Crippen molar-refractivity contribution < 1.29 is 9.47 Å². The molecule has 0 fully saturated rings. The number of rotatable bonds is 9. The van der Waals surface area contributed by atoms with Gasteiger partial charge in [-0.25, -0.2) is 0 Å². The van der Waals surface area contributed by atoms with Crippen molar-refractivity contribution in [2.75, 3.05) is 19.8 Å². The van der Waals surface area contributed by atoms with E-state index in [1.807, 2.05) is 37.3 Å². The van der Waals surface area contributed by atoms with Crippen LogP contribution in [0, 0.1) is 0 Å². The van der Waals surface area contributed by atoms with Gasteiger partial charge < -0.3 is 9.47 Å². The molecule has 1 aromatic rings. The second kappa shape index (κ2) is 8.82. The fraction of sp³-hybridized carbons (Fsp3) is 0.467. The lowest BCUT2D eigenvalue weighted by Gasteiger charge is -2.08. The molecule has 0 aromatic heterocycles. The molecule has 0 N–H and O–H groups in total. The van der Waals surface area contributed by atoms with Crippen molar-refractivity contribution >= 4 is 6.08 Å². The highest BCUT2D eigenvalue weighted by molar-refractivity contribution is 5.55. The molecule has 0 aliphatic carbocycles. The lowest BCUT2D eigenvalue weighted by Crippen LogP contribution is -2.00. The first-order valence-corrected chi connectivity index (χ1v) is 6.30. The van der Waals surface area contributed by atoms with E-state index < -0.39 is 0 Å². The van der Waals surface area contributed by atoms with E-state index in [9.17, 15) is 0 Å². The Morgan fingerprint density at radius 1 is 1.12 bits per heavy atom. The van der Waals surface area contributed by atoms with E-state index >= 15 is 0 Å². The highest BCUT2D eigenvalue weighted by atomic mass is 16.5. The maximum absolute atomic E-state index is 5.72. The van der Waals surface area contributed by atoms with Crippen LogP contribution in [0.2, 0.25) is 0 Å². The Hall–Kier alpha value is -1.28. The molecule has 0 radical (unpaired) electrons. The normalized spacial score (nSPS) is 10.2. The molecular weight excluding hydrogens is 212 g/mol. The van der Waals surface area contributed by atoms with E-state index in [2.05, 4.69) is 6.58 Å². The van der Waals surface area contributed by atoms with E-state index in [1.54, 1.807) is 0 Å². The largest absolute Gasteiger partial charge is 0.493 e. The molecule has 2 nitrogen and oxygen atoms in total. The van der Waals surface area contributed by atoms with Gasteiger partial charge in [0, 0.05) is 18.8 Å². The first kappa shape index (κ1) is 13.8. The van der Waals surface area contributed by atoms with E-state index in [4.69, 9.17) is 9.47 Å². The van der Waals surface area contributed by atoms with Gasteiger partial charge in [-0.05, 0) is 32.3 Å². The predicted molar refractivity (Wildman–Crippen MR) is 72.4 cm³/mol. The lowest BCUT2D eigenvalue weighted by atomic mass is 10.2. The third-order valence-electron chi connectivity index (χ3n) is 2.53. The van der Waals surface area contributed by atoms with Gasteiger partial charge in [0.25, 0.3) is 0 Å². The quantitative estimate of drug-likeness (QED) is 0.603. The van der Waals surface area contributed by atoms with Crippen molar-refractivity contribution in [3.05, 3.63) is 36.4 Å². The minimum absolute atomic E-state index is 0.761. The summed E-state index contributed by atoms with van der Waals surface area (Å²) in [4.78, 5) is 0. The van der Waals surface area contributed by atoms with Gasteiger partial charge in [-0.15, -0.1) is 0 Å². The summed E-state index contributed by atoms with van der Waals surface area (Å²) >= 11 is 0. The van der Waals surface area contributed by atoms with Gasteiger partial charge in [-0.3, -0.25) is 0 Å². The molecule has 0 heterocycles. The highest BCUT2D eigenvalue weighted by Gasteiger charge is 1.98. The highest BCUT2D eigenvalue weighted by Crippen LogP contribution is 2.19. The van der Waals surface area contributed by atoms with Crippen molar-refractivity contribution in [2.24, 2.45) is 0 Å². The maximum Gasteiger partial charge on any atom is 0.126 e. The fourth-order valence-electron chi connectivity index (χ4n) is 1.59. The molecule has 17 heavy (non-hydrogen) atoms. The van der Waals surface area contributed by atoms with Gasteiger partial charge in [0.1, 0.15) is 5.75 Å². The van der Waals surface area contributed by atoms with Crippen LogP contribution >= 0.6 is 0 Å². The molecule has 0 bridgehead atoms. The van der Waals surface area contributed by atoms with Crippen LogP contribution in [0.4, 0.5) is 0 Å². The van der Waals surface area contributed by atoms with Gasteiger partial charge >= 0.3 is 0 Å². The number of unbranched alkanes of at least 4 members (excludes halogenated alkanes) is 2. The first-order chi connectivity index (χ1) is 8.38. The minimum Gasteiger partial charge on any atom is -0.493 e. The summed E-state index contributed by atoms with van der Waals surface area (Å²) in [5.74, 6) is 0.923. The zero-order chi connectivity index (χ0) is 12.3. The van der Waals surface area contributed by atoms with E-state index in [0.717, 1.165) is 50.4 Å². The second-order valence-corrected chi connectivity index (χ2v) is 3.85. The molecule has 1 rings (SSSR count). The number of ether oxygens (including phenoxy) is 2. The Bertz CT molecular complexity index is 320. The SMILES string of the molecule is C=Cc1ccccc1OCCCCCOCC. The van der Waals surface area contributed by atoms with Crippen LogP contribution in [0.3, 0.4) is 0 Å². The summed E-state index contributed by atoms with van der Waals surface area (Å²) in [6.07, 6.45) is 5.15. The number of hydrogen-bond donors (Lipinski definition) is 0. The molecule has 0 spiro atoms. The average Bonchev–Trinajstić information content (AvgIpc) is 2.38. The summed E-state index contributed by atoms with van der Waals surface area (Å²) in [5.41, 5.74) is 1.06. The second-order valence-electron chi connectivity index (χ2n) is 3.85. The van der Waals surface area contributed by atoms with Crippen molar-refractivity contribution in [1.29, 1.82) is 0 Å². The van der Waals surface area contributed by atoms with Crippen molar-refractivity contribution in [3.63, 3.8) is 0 Å². The van der Waals surface area contributed by atoms with E-state index in [0.29, 0.717) is 0 Å². The first-order valence-electron chi connectivity index (χ1n) is 6.30. The van der Waals surface area contributed by atoms with Crippen LogP contribution in [-0.2, 0) is 4.74 Å². The van der Waals surface area contributed by atoms with Crippen LogP contribution in [0.1, 0.15) is 31.7 Å². The Labute approximate surface area is 104 Å². The zero-order valence-corrected chi connectivity index (χ0v) is 10.7. The standard InChI is InChI=1S/C15H22O2/c1-3-14-10-6-7-11-15(14)17-13-9-5-8-12-16-4-2/h3,6-7,10-11H,1,4-5,8-9,12-13H2,2H3. The van der Waals surface area contributed by atoms with E-state index in [-0.39, 0.29) is 0 Å².